The number of methoxy groups -OCH3 is 1. The van der Waals surface area contributed by atoms with E-state index in [0.717, 1.165) is 50.2 Å². The summed E-state index contributed by atoms with van der Waals surface area (Å²) >= 11 is 0. The summed E-state index contributed by atoms with van der Waals surface area (Å²) in [5.41, 5.74) is 1.18. The van der Waals surface area contributed by atoms with E-state index < -0.39 is 0 Å². The van der Waals surface area contributed by atoms with E-state index in [9.17, 15) is 4.79 Å². The van der Waals surface area contributed by atoms with Crippen LogP contribution in [0.4, 0.5) is 5.82 Å². The van der Waals surface area contributed by atoms with E-state index in [2.05, 4.69) is 32.1 Å². The molecule has 2 fully saturated rings. The van der Waals surface area contributed by atoms with E-state index in [0.29, 0.717) is 5.88 Å². The number of ether oxygens (including phenoxy) is 1. The highest BCUT2D eigenvalue weighted by Gasteiger charge is 2.56. The lowest BCUT2D eigenvalue weighted by molar-refractivity contribution is -0.140. The van der Waals surface area contributed by atoms with Gasteiger partial charge in [0.05, 0.1) is 13.2 Å². The highest BCUT2D eigenvalue weighted by atomic mass is 16.5. The summed E-state index contributed by atoms with van der Waals surface area (Å²) in [6, 6.07) is 12.1. The van der Waals surface area contributed by atoms with E-state index in [1.54, 1.807) is 12.1 Å². The Bertz CT molecular complexity index is 928. The topological polar surface area (TPSA) is 70.9 Å². The second-order valence-corrected chi connectivity index (χ2v) is 8.19. The van der Waals surface area contributed by atoms with E-state index in [4.69, 9.17) is 4.74 Å². The third-order valence-electron chi connectivity index (χ3n) is 6.52. The highest BCUT2D eigenvalue weighted by Crippen LogP contribution is 2.57. The first-order valence-corrected chi connectivity index (χ1v) is 10.2. The third kappa shape index (κ3) is 3.24. The molecule has 1 amide bonds. The van der Waals surface area contributed by atoms with Gasteiger partial charge in [0.2, 0.25) is 11.8 Å². The van der Waals surface area contributed by atoms with Gasteiger partial charge >= 0.3 is 0 Å². The Labute approximate surface area is 170 Å². The number of nitrogens with zero attached hydrogens (tertiary/aromatic N) is 5. The standard InChI is InChI=1S/C22H25N5O2/c1-29-20-13-19(23-15-24-20)26-12-8-17(22(14-26)9-10-22)21(28)27-18(7-11-25-27)16-5-3-2-4-6-16/h2-6,11,13,15,17-18H,7-10,12,14H2,1H3. The van der Waals surface area contributed by atoms with Crippen LogP contribution in [0.25, 0.3) is 0 Å². The van der Waals surface area contributed by atoms with E-state index >= 15 is 0 Å². The Morgan fingerprint density at radius 3 is 2.79 bits per heavy atom. The van der Waals surface area contributed by atoms with Crippen LogP contribution >= 0.6 is 0 Å². The van der Waals surface area contributed by atoms with Crippen molar-refractivity contribution in [3.05, 3.63) is 48.3 Å². The molecule has 1 spiro atoms. The van der Waals surface area contributed by atoms with Crippen molar-refractivity contribution >= 4 is 17.9 Å². The molecule has 2 atom stereocenters. The van der Waals surface area contributed by atoms with Crippen molar-refractivity contribution in [2.75, 3.05) is 25.1 Å². The summed E-state index contributed by atoms with van der Waals surface area (Å²) in [6.07, 6.45) is 7.16. The number of aromatic nitrogens is 2. The quantitative estimate of drug-likeness (QED) is 0.801. The fourth-order valence-corrected chi connectivity index (χ4v) is 4.76. The Hall–Kier alpha value is -2.96. The lowest BCUT2D eigenvalue weighted by Crippen LogP contribution is -2.48. The predicted molar refractivity (Wildman–Crippen MR) is 110 cm³/mol. The molecule has 5 rings (SSSR count). The summed E-state index contributed by atoms with van der Waals surface area (Å²) < 4.78 is 5.24. The Morgan fingerprint density at radius 2 is 2.03 bits per heavy atom. The van der Waals surface area contributed by atoms with Crippen molar-refractivity contribution < 1.29 is 9.53 Å². The molecule has 3 heterocycles. The van der Waals surface area contributed by atoms with Crippen LogP contribution in [0, 0.1) is 11.3 Å². The molecule has 3 aliphatic rings. The highest BCUT2D eigenvalue weighted by molar-refractivity contribution is 5.83. The minimum atomic E-state index is 0.0173. The fourth-order valence-electron chi connectivity index (χ4n) is 4.76. The number of hydrogen-bond donors (Lipinski definition) is 0. The van der Waals surface area contributed by atoms with E-state index in [1.165, 1.54) is 6.33 Å². The molecule has 0 N–H and O–H groups in total. The van der Waals surface area contributed by atoms with Crippen molar-refractivity contribution in [1.29, 1.82) is 0 Å². The Morgan fingerprint density at radius 1 is 1.21 bits per heavy atom. The zero-order valence-corrected chi connectivity index (χ0v) is 16.6. The van der Waals surface area contributed by atoms with Crippen molar-refractivity contribution in [2.45, 2.75) is 31.7 Å². The Balaban J connectivity index is 1.34. The number of amides is 1. The average molecular weight is 391 g/mol. The maximum Gasteiger partial charge on any atom is 0.247 e. The molecule has 0 radical (unpaired) electrons. The van der Waals surface area contributed by atoms with Gasteiger partial charge in [0.25, 0.3) is 0 Å². The largest absolute Gasteiger partial charge is 0.481 e. The van der Waals surface area contributed by atoms with Gasteiger partial charge in [0.1, 0.15) is 12.1 Å². The van der Waals surface area contributed by atoms with Gasteiger partial charge in [-0.15, -0.1) is 0 Å². The summed E-state index contributed by atoms with van der Waals surface area (Å²) in [4.78, 5) is 24.3. The van der Waals surface area contributed by atoms with E-state index in [1.807, 2.05) is 30.5 Å². The van der Waals surface area contributed by atoms with Crippen LogP contribution < -0.4 is 9.64 Å². The van der Waals surface area contributed by atoms with Gasteiger partial charge in [-0.3, -0.25) is 4.79 Å². The molecule has 2 unspecified atom stereocenters. The van der Waals surface area contributed by atoms with Crippen molar-refractivity contribution in [1.82, 2.24) is 15.0 Å². The lowest BCUT2D eigenvalue weighted by atomic mass is 9.81. The summed E-state index contributed by atoms with van der Waals surface area (Å²) in [5, 5.41) is 6.21. The molecule has 1 saturated heterocycles. The molecule has 2 aromatic rings. The first-order chi connectivity index (χ1) is 14.2. The lowest BCUT2D eigenvalue weighted by Gasteiger charge is -2.40. The summed E-state index contributed by atoms with van der Waals surface area (Å²) in [5.74, 6) is 1.62. The molecule has 0 bridgehead atoms. The maximum absolute atomic E-state index is 13.5. The van der Waals surface area contributed by atoms with Gasteiger partial charge in [-0.1, -0.05) is 30.3 Å². The van der Waals surface area contributed by atoms with Gasteiger partial charge in [-0.05, 0) is 30.2 Å². The second kappa shape index (κ2) is 7.13. The van der Waals surface area contributed by atoms with E-state index in [-0.39, 0.29) is 23.3 Å². The minimum absolute atomic E-state index is 0.0173. The van der Waals surface area contributed by atoms with Crippen molar-refractivity contribution in [2.24, 2.45) is 16.4 Å². The van der Waals surface area contributed by atoms with Crippen LogP contribution in [0.2, 0.25) is 0 Å². The SMILES string of the molecule is COc1cc(N2CCC(C(=O)N3N=CCC3c3ccccc3)C3(CC3)C2)ncn1. The van der Waals surface area contributed by atoms with Crippen LogP contribution in [-0.2, 0) is 4.79 Å². The number of hydrogen-bond acceptors (Lipinski definition) is 6. The minimum Gasteiger partial charge on any atom is -0.481 e. The average Bonchev–Trinajstić information content (AvgIpc) is 3.35. The fraction of sp³-hybridized carbons (Fsp3) is 0.455. The number of anilines is 1. The van der Waals surface area contributed by atoms with Gasteiger partial charge < -0.3 is 9.64 Å². The maximum atomic E-state index is 13.5. The normalized spacial score (nSPS) is 24.7. The van der Waals surface area contributed by atoms with Gasteiger partial charge in [0, 0.05) is 37.7 Å². The van der Waals surface area contributed by atoms with Crippen LogP contribution in [-0.4, -0.2) is 47.3 Å². The smallest absolute Gasteiger partial charge is 0.247 e. The zero-order chi connectivity index (χ0) is 19.8. The summed E-state index contributed by atoms with van der Waals surface area (Å²) in [6.45, 7) is 1.64. The van der Waals surface area contributed by atoms with Crippen LogP contribution in [0.1, 0.15) is 37.3 Å². The van der Waals surface area contributed by atoms with Gasteiger partial charge in [-0.25, -0.2) is 15.0 Å². The molecule has 29 heavy (non-hydrogen) atoms. The summed E-state index contributed by atoms with van der Waals surface area (Å²) in [7, 11) is 1.61. The monoisotopic (exact) mass is 391 g/mol. The molecule has 1 saturated carbocycles. The zero-order valence-electron chi connectivity index (χ0n) is 16.6. The van der Waals surface area contributed by atoms with Gasteiger partial charge in [-0.2, -0.15) is 5.10 Å². The second-order valence-electron chi connectivity index (χ2n) is 8.19. The van der Waals surface area contributed by atoms with Gasteiger partial charge in [0.15, 0.2) is 0 Å². The molecule has 150 valence electrons. The number of carbonyl (C=O) groups excluding carboxylic acids is 1. The molecule has 1 aliphatic carbocycles. The number of hydrazone groups is 1. The molecule has 1 aromatic heterocycles. The number of carbonyl (C=O) groups is 1. The first-order valence-electron chi connectivity index (χ1n) is 10.2. The molecule has 1 aromatic carbocycles. The number of piperidine rings is 1. The van der Waals surface area contributed by atoms with Crippen molar-refractivity contribution in [3.8, 4) is 5.88 Å². The third-order valence-corrected chi connectivity index (χ3v) is 6.52. The number of rotatable bonds is 4. The van der Waals surface area contributed by atoms with Crippen LogP contribution in [0.5, 0.6) is 5.88 Å². The molecular weight excluding hydrogens is 366 g/mol. The van der Waals surface area contributed by atoms with Crippen LogP contribution in [0.3, 0.4) is 0 Å². The number of benzene rings is 1. The molecule has 7 heteroatoms. The van der Waals surface area contributed by atoms with Crippen LogP contribution in [0.15, 0.2) is 47.8 Å². The first kappa shape index (κ1) is 18.1. The molecule has 2 aliphatic heterocycles. The molecular formula is C22H25N5O2. The Kier molecular flexibility index (Phi) is 4.45. The molecule has 7 nitrogen and oxygen atoms in total. The predicted octanol–water partition coefficient (Wildman–Crippen LogP) is 3.05. The van der Waals surface area contributed by atoms with Crippen molar-refractivity contribution in [3.63, 3.8) is 0 Å².